The molecule has 0 amide bonds. The standard InChI is InChI=1S/C25H22N4O4/c1-14-10-11-19(12-15(14)2)29-24(31)22(16(3)28-29)27-26-21-9-5-8-20(23(21)30)17-6-4-7-18(13-17)25(32)33/h4-13,28,30H,1-3H3,(H,32,33)/i3+1,16+1,22+1,24+1. The van der Waals surface area contributed by atoms with Crippen molar-refractivity contribution < 1.29 is 15.0 Å². The van der Waals surface area contributed by atoms with Crippen LogP contribution in [0.5, 0.6) is 5.75 Å². The van der Waals surface area contributed by atoms with E-state index in [4.69, 9.17) is 0 Å². The van der Waals surface area contributed by atoms with Gasteiger partial charge in [-0.3, -0.25) is 9.89 Å². The van der Waals surface area contributed by atoms with Crippen LogP contribution in [0.25, 0.3) is 16.8 Å². The van der Waals surface area contributed by atoms with E-state index in [0.717, 1.165) is 11.1 Å². The van der Waals surface area contributed by atoms with Gasteiger partial charge in [0.2, 0.25) is 0 Å². The van der Waals surface area contributed by atoms with E-state index >= 15 is 0 Å². The molecule has 0 atom stereocenters. The Morgan fingerprint density at radius 1 is 0.939 bits per heavy atom. The summed E-state index contributed by atoms with van der Waals surface area (Å²) in [7, 11) is 0. The van der Waals surface area contributed by atoms with Crippen LogP contribution in [0, 0.1) is 20.8 Å². The summed E-state index contributed by atoms with van der Waals surface area (Å²) in [6, 6.07) is 16.8. The number of aromatic hydroxyl groups is 1. The van der Waals surface area contributed by atoms with E-state index in [2.05, 4.69) is 15.3 Å². The van der Waals surface area contributed by atoms with Crippen LogP contribution in [0.2, 0.25) is 0 Å². The minimum Gasteiger partial charge on any atom is -0.505 e. The third-order valence-electron chi connectivity index (χ3n) is 5.48. The van der Waals surface area contributed by atoms with Gasteiger partial charge in [0.1, 0.15) is 5.69 Å². The number of benzene rings is 3. The molecule has 0 aliphatic rings. The molecule has 3 aromatic carbocycles. The molecule has 4 rings (SSSR count). The molecule has 8 nitrogen and oxygen atoms in total. The highest BCUT2D eigenvalue weighted by molar-refractivity contribution is 5.90. The average Bonchev–Trinajstić information content (AvgIpc) is 3.08. The molecule has 1 heterocycles. The van der Waals surface area contributed by atoms with Crippen LogP contribution >= 0.6 is 0 Å². The smallest absolute Gasteiger partial charge is 0.335 e. The Bertz CT molecular complexity index is 1460. The van der Waals surface area contributed by atoms with Gasteiger partial charge < -0.3 is 10.2 Å². The predicted octanol–water partition coefficient (Wildman–Crippen LogP) is 5.58. The molecule has 166 valence electrons. The number of nitrogens with zero attached hydrogens (tertiary/aromatic N) is 3. The number of aryl methyl sites for hydroxylation is 3. The zero-order valence-corrected chi connectivity index (χ0v) is 18.3. The van der Waals surface area contributed by atoms with Crippen LogP contribution in [-0.4, -0.2) is 26.0 Å². The minimum absolute atomic E-state index is 0.105. The maximum Gasteiger partial charge on any atom is 0.335 e. The Morgan fingerprint density at radius 3 is 2.42 bits per heavy atom. The molecule has 3 N–H and O–H groups in total. The number of aromatic amines is 1. The highest BCUT2D eigenvalue weighted by atomic mass is 16.4. The number of rotatable bonds is 5. The SMILES string of the molecule is Cc1ccc(-n2[nH][13c]([13CH3])[13c](N=Nc3cccc(-c4cccc(C(=O)O)c4)c3O)[13c]2=O)cc1C. The third kappa shape index (κ3) is 4.18. The highest BCUT2D eigenvalue weighted by Gasteiger charge is 2.14. The van der Waals surface area contributed by atoms with Crippen molar-refractivity contribution in [3.8, 4) is 22.6 Å². The van der Waals surface area contributed by atoms with Crippen LogP contribution < -0.4 is 5.56 Å². The Morgan fingerprint density at radius 2 is 1.70 bits per heavy atom. The first-order chi connectivity index (χ1) is 15.8. The van der Waals surface area contributed by atoms with Crippen LogP contribution in [0.1, 0.15) is 27.2 Å². The number of phenolic OH excluding ortho intramolecular Hbond substituents is 1. The summed E-state index contributed by atoms with van der Waals surface area (Å²) >= 11 is 0. The first-order valence-electron chi connectivity index (χ1n) is 10.2. The van der Waals surface area contributed by atoms with E-state index in [1.807, 2.05) is 32.0 Å². The molecule has 0 saturated heterocycles. The molecule has 0 fully saturated rings. The summed E-state index contributed by atoms with van der Waals surface area (Å²) in [4.78, 5) is 24.2. The lowest BCUT2D eigenvalue weighted by molar-refractivity contribution is 0.0697. The minimum atomic E-state index is -1.06. The van der Waals surface area contributed by atoms with Gasteiger partial charge >= 0.3 is 5.97 Å². The van der Waals surface area contributed by atoms with E-state index in [9.17, 15) is 19.8 Å². The monoisotopic (exact) mass is 446 g/mol. The van der Waals surface area contributed by atoms with E-state index in [1.165, 1.54) is 16.8 Å². The van der Waals surface area contributed by atoms with Gasteiger partial charge in [0.25, 0.3) is 5.56 Å². The lowest BCUT2D eigenvalue weighted by atomic mass is 10.0. The second-order valence-electron chi connectivity index (χ2n) is 7.75. The summed E-state index contributed by atoms with van der Waals surface area (Å²) in [5, 5.41) is 31.2. The molecule has 0 bridgehead atoms. The maximum atomic E-state index is 12.9. The van der Waals surface area contributed by atoms with Crippen molar-refractivity contribution in [2.75, 3.05) is 0 Å². The molecule has 0 spiro atoms. The molecule has 0 aliphatic carbocycles. The number of carboxylic acid groups (broad SMARTS) is 1. The number of aromatic carboxylic acids is 1. The Kier molecular flexibility index (Phi) is 5.66. The van der Waals surface area contributed by atoms with Gasteiger partial charge in [-0.2, -0.15) is 0 Å². The Balaban J connectivity index is 1.71. The first-order valence-corrected chi connectivity index (χ1v) is 10.2. The van der Waals surface area contributed by atoms with Crippen LogP contribution in [0.3, 0.4) is 0 Å². The van der Waals surface area contributed by atoms with Gasteiger partial charge in [-0.1, -0.05) is 30.3 Å². The average molecular weight is 446 g/mol. The van der Waals surface area contributed by atoms with Crippen LogP contribution in [0.15, 0.2) is 75.7 Å². The molecule has 0 saturated carbocycles. The van der Waals surface area contributed by atoms with Crippen molar-refractivity contribution >= 4 is 17.3 Å². The fraction of sp³-hybridized carbons (Fsp3) is 0.120. The number of H-pyrrole nitrogens is 1. The van der Waals surface area contributed by atoms with E-state index < -0.39 is 5.97 Å². The number of nitrogens with one attached hydrogen (secondary N) is 1. The van der Waals surface area contributed by atoms with E-state index in [1.54, 1.807) is 37.3 Å². The van der Waals surface area contributed by atoms with E-state index in [-0.39, 0.29) is 28.2 Å². The van der Waals surface area contributed by atoms with Crippen molar-refractivity contribution in [2.45, 2.75) is 20.8 Å². The van der Waals surface area contributed by atoms with Gasteiger partial charge in [-0.15, -0.1) is 10.2 Å². The zero-order valence-electron chi connectivity index (χ0n) is 18.3. The second-order valence-corrected chi connectivity index (χ2v) is 7.75. The van der Waals surface area contributed by atoms with E-state index in [0.29, 0.717) is 22.5 Å². The number of carboxylic acids is 1. The fourth-order valence-corrected chi connectivity index (χ4v) is 3.47. The molecule has 0 radical (unpaired) electrons. The first kappa shape index (κ1) is 21.8. The highest BCUT2D eigenvalue weighted by Crippen LogP contribution is 2.38. The summed E-state index contributed by atoms with van der Waals surface area (Å²) in [5.41, 5.74) is 4.38. The van der Waals surface area contributed by atoms with Gasteiger partial charge in [-0.05, 0) is 67.8 Å². The lowest BCUT2D eigenvalue weighted by Crippen LogP contribution is -2.14. The molecule has 4 aromatic rings. The van der Waals surface area contributed by atoms with Gasteiger partial charge in [0, 0.05) is 5.56 Å². The number of para-hydroxylation sites is 1. The number of hydrogen-bond acceptors (Lipinski definition) is 5. The van der Waals surface area contributed by atoms with Crippen molar-refractivity contribution in [3.63, 3.8) is 0 Å². The normalized spacial score (nSPS) is 11.2. The van der Waals surface area contributed by atoms with Crippen molar-refractivity contribution in [2.24, 2.45) is 10.2 Å². The van der Waals surface area contributed by atoms with Crippen LogP contribution in [-0.2, 0) is 0 Å². The van der Waals surface area contributed by atoms with Gasteiger partial charge in [0.15, 0.2) is 11.4 Å². The maximum absolute atomic E-state index is 12.9. The second kappa shape index (κ2) is 8.58. The molecular formula is C25H22N4O4. The summed E-state index contributed by atoms with van der Waals surface area (Å²) in [5.74, 6) is -1.22. The molecule has 33 heavy (non-hydrogen) atoms. The zero-order chi connectivity index (χ0) is 23.7. The predicted molar refractivity (Wildman–Crippen MR) is 125 cm³/mol. The van der Waals surface area contributed by atoms with Gasteiger partial charge in [0.05, 0.1) is 16.9 Å². The lowest BCUT2D eigenvalue weighted by Gasteiger charge is -2.07. The number of hydrogen-bond donors (Lipinski definition) is 3. The number of aromatic nitrogens is 2. The molecule has 8 heteroatoms. The van der Waals surface area contributed by atoms with Gasteiger partial charge in [-0.25, -0.2) is 9.48 Å². The summed E-state index contributed by atoms with van der Waals surface area (Å²) < 4.78 is 1.41. The number of phenols is 1. The molecule has 0 unspecified atom stereocenters. The summed E-state index contributed by atoms with van der Waals surface area (Å²) in [6.07, 6.45) is 0. The largest absolute Gasteiger partial charge is 0.505 e. The molecule has 0 aliphatic heterocycles. The number of carbonyl (C=O) groups is 1. The van der Waals surface area contributed by atoms with Crippen molar-refractivity contribution in [3.05, 3.63) is 93.4 Å². The summed E-state index contributed by atoms with van der Waals surface area (Å²) in [6.45, 7) is 5.70. The Labute approximate surface area is 189 Å². The third-order valence-corrected chi connectivity index (χ3v) is 5.48. The number of azo groups is 1. The molecule has 1 aromatic heterocycles. The van der Waals surface area contributed by atoms with Crippen molar-refractivity contribution in [1.82, 2.24) is 9.78 Å². The van der Waals surface area contributed by atoms with Crippen molar-refractivity contribution in [1.29, 1.82) is 0 Å². The topological polar surface area (TPSA) is 120 Å². The quantitative estimate of drug-likeness (QED) is 0.274. The fourth-order valence-electron chi connectivity index (χ4n) is 3.47. The van der Waals surface area contributed by atoms with Crippen LogP contribution in [0.4, 0.5) is 11.4 Å². The Hall–Kier alpha value is -4.46. The molecular weight excluding hydrogens is 424 g/mol.